The first kappa shape index (κ1) is 15.3. The fourth-order valence-corrected chi connectivity index (χ4v) is 3.29. The van der Waals surface area contributed by atoms with E-state index in [4.69, 9.17) is 9.52 Å². The largest absolute Gasteiger partial charge is 0.475 e. The van der Waals surface area contributed by atoms with E-state index in [0.29, 0.717) is 12.5 Å². The van der Waals surface area contributed by atoms with E-state index >= 15 is 0 Å². The molecule has 2 aromatic rings. The van der Waals surface area contributed by atoms with E-state index < -0.39 is 5.97 Å². The molecule has 1 N–H and O–H groups in total. The molecule has 1 aromatic carbocycles. The Bertz CT molecular complexity index is 749. The highest BCUT2D eigenvalue weighted by molar-refractivity contribution is 5.94. The van der Waals surface area contributed by atoms with Gasteiger partial charge in [0.15, 0.2) is 5.76 Å². The van der Waals surface area contributed by atoms with Gasteiger partial charge in [0.1, 0.15) is 0 Å². The third-order valence-corrected chi connectivity index (χ3v) is 4.49. The molecule has 2 heterocycles. The van der Waals surface area contributed by atoms with Gasteiger partial charge in [0.2, 0.25) is 5.76 Å². The van der Waals surface area contributed by atoms with Gasteiger partial charge in [-0.25, -0.2) is 4.79 Å². The normalized spacial score (nSPS) is 20.7. The van der Waals surface area contributed by atoms with Crippen molar-refractivity contribution in [2.75, 3.05) is 6.54 Å². The van der Waals surface area contributed by atoms with Crippen LogP contribution in [0, 0.1) is 6.92 Å². The molecule has 2 atom stereocenters. The predicted molar refractivity (Wildman–Crippen MR) is 84.7 cm³/mol. The molecule has 0 bridgehead atoms. The molecule has 0 spiro atoms. The molecular weight excluding hydrogens is 294 g/mol. The highest BCUT2D eigenvalue weighted by Crippen LogP contribution is 2.34. The summed E-state index contributed by atoms with van der Waals surface area (Å²) < 4.78 is 5.14. The lowest BCUT2D eigenvalue weighted by molar-refractivity contribution is 0.0648. The maximum atomic E-state index is 12.6. The molecule has 1 aliphatic rings. The number of carboxylic acids is 1. The molecule has 120 valence electrons. The molecule has 23 heavy (non-hydrogen) atoms. The second-order valence-corrected chi connectivity index (χ2v) is 6.06. The predicted octanol–water partition coefficient (Wildman–Crippen LogP) is 3.30. The standard InChI is InChI=1S/C18H19NO4/c1-11-5-3-4-6-14(11)13-9-12(2)19(10-13)17(20)15-7-8-16(23-15)18(21)22/h3-8,12-13H,9-10H2,1-2H3,(H,21,22)/t12-,13-/m1/s1. The molecule has 1 aromatic heterocycles. The average molecular weight is 313 g/mol. The van der Waals surface area contributed by atoms with E-state index in [2.05, 4.69) is 19.1 Å². The number of carbonyl (C=O) groups excluding carboxylic acids is 1. The van der Waals surface area contributed by atoms with Crippen LogP contribution in [0.2, 0.25) is 0 Å². The summed E-state index contributed by atoms with van der Waals surface area (Å²) in [6, 6.07) is 11.0. The van der Waals surface area contributed by atoms with E-state index in [1.165, 1.54) is 23.3 Å². The van der Waals surface area contributed by atoms with E-state index in [1.54, 1.807) is 4.90 Å². The molecule has 5 nitrogen and oxygen atoms in total. The number of rotatable bonds is 3. The third-order valence-electron chi connectivity index (χ3n) is 4.49. The fourth-order valence-electron chi connectivity index (χ4n) is 3.29. The monoisotopic (exact) mass is 313 g/mol. The van der Waals surface area contributed by atoms with Gasteiger partial charge >= 0.3 is 5.97 Å². The summed E-state index contributed by atoms with van der Waals surface area (Å²) >= 11 is 0. The summed E-state index contributed by atoms with van der Waals surface area (Å²) in [6.45, 7) is 4.71. The Balaban J connectivity index is 1.79. The van der Waals surface area contributed by atoms with Gasteiger partial charge in [0, 0.05) is 18.5 Å². The minimum atomic E-state index is -1.17. The number of furan rings is 1. The zero-order valence-corrected chi connectivity index (χ0v) is 13.2. The van der Waals surface area contributed by atoms with Crippen LogP contribution in [0.25, 0.3) is 0 Å². The molecular formula is C18H19NO4. The number of likely N-dealkylation sites (tertiary alicyclic amines) is 1. The summed E-state index contributed by atoms with van der Waals surface area (Å²) in [7, 11) is 0. The van der Waals surface area contributed by atoms with Crippen molar-refractivity contribution in [1.29, 1.82) is 0 Å². The molecule has 1 aliphatic heterocycles. The molecule has 0 saturated carbocycles. The Labute approximate surface area is 134 Å². The minimum absolute atomic E-state index is 0.0830. The maximum absolute atomic E-state index is 12.6. The first-order valence-corrected chi connectivity index (χ1v) is 7.67. The Morgan fingerprint density at radius 3 is 2.52 bits per heavy atom. The molecule has 1 amide bonds. The number of carbonyl (C=O) groups is 2. The number of hydrogen-bond donors (Lipinski definition) is 1. The lowest BCUT2D eigenvalue weighted by Gasteiger charge is -2.20. The summed E-state index contributed by atoms with van der Waals surface area (Å²) in [5.41, 5.74) is 2.49. The molecule has 0 radical (unpaired) electrons. The van der Waals surface area contributed by atoms with Crippen molar-refractivity contribution in [3.63, 3.8) is 0 Å². The van der Waals surface area contributed by atoms with Crippen LogP contribution < -0.4 is 0 Å². The van der Waals surface area contributed by atoms with Crippen LogP contribution in [0.3, 0.4) is 0 Å². The van der Waals surface area contributed by atoms with Crippen LogP contribution in [0.15, 0.2) is 40.8 Å². The lowest BCUT2D eigenvalue weighted by Crippen LogP contribution is -2.33. The highest BCUT2D eigenvalue weighted by atomic mass is 16.4. The molecule has 0 aliphatic carbocycles. The van der Waals surface area contributed by atoms with Gasteiger partial charge in [-0.05, 0) is 43.5 Å². The van der Waals surface area contributed by atoms with Crippen LogP contribution in [0.1, 0.15) is 51.5 Å². The first-order chi connectivity index (χ1) is 11.0. The van der Waals surface area contributed by atoms with Crippen molar-refractivity contribution in [1.82, 2.24) is 4.90 Å². The Morgan fingerprint density at radius 2 is 1.87 bits per heavy atom. The van der Waals surface area contributed by atoms with Crippen LogP contribution in [-0.2, 0) is 0 Å². The molecule has 1 saturated heterocycles. The number of hydrogen-bond acceptors (Lipinski definition) is 3. The molecule has 5 heteroatoms. The summed E-state index contributed by atoms with van der Waals surface area (Å²) in [5, 5.41) is 8.90. The van der Waals surface area contributed by atoms with Crippen LogP contribution in [-0.4, -0.2) is 34.5 Å². The maximum Gasteiger partial charge on any atom is 0.371 e. The fraction of sp³-hybridized carbons (Fsp3) is 0.333. The summed E-state index contributed by atoms with van der Waals surface area (Å²) in [4.78, 5) is 25.2. The zero-order valence-electron chi connectivity index (χ0n) is 13.2. The highest BCUT2D eigenvalue weighted by Gasteiger charge is 2.35. The molecule has 1 fully saturated rings. The average Bonchev–Trinajstić information content (AvgIpc) is 3.14. The second kappa shape index (κ2) is 5.91. The van der Waals surface area contributed by atoms with Crippen molar-refractivity contribution >= 4 is 11.9 Å². The van der Waals surface area contributed by atoms with E-state index in [0.717, 1.165) is 6.42 Å². The topological polar surface area (TPSA) is 70.8 Å². The van der Waals surface area contributed by atoms with E-state index in [1.807, 2.05) is 19.1 Å². The van der Waals surface area contributed by atoms with Crippen LogP contribution >= 0.6 is 0 Å². The van der Waals surface area contributed by atoms with E-state index in [-0.39, 0.29) is 23.5 Å². The molecule has 3 rings (SSSR count). The summed E-state index contributed by atoms with van der Waals surface area (Å²) in [5.74, 6) is -1.25. The van der Waals surface area contributed by atoms with Crippen molar-refractivity contribution < 1.29 is 19.1 Å². The minimum Gasteiger partial charge on any atom is -0.475 e. The number of amides is 1. The van der Waals surface area contributed by atoms with Gasteiger partial charge in [-0.1, -0.05) is 24.3 Å². The Morgan fingerprint density at radius 1 is 1.17 bits per heavy atom. The first-order valence-electron chi connectivity index (χ1n) is 7.67. The second-order valence-electron chi connectivity index (χ2n) is 6.06. The van der Waals surface area contributed by atoms with Gasteiger partial charge in [-0.3, -0.25) is 4.79 Å². The van der Waals surface area contributed by atoms with Gasteiger partial charge < -0.3 is 14.4 Å². The van der Waals surface area contributed by atoms with Crippen LogP contribution in [0.4, 0.5) is 0 Å². The van der Waals surface area contributed by atoms with Crippen molar-refractivity contribution in [3.8, 4) is 0 Å². The lowest BCUT2D eigenvalue weighted by atomic mass is 9.93. The van der Waals surface area contributed by atoms with Crippen molar-refractivity contribution in [3.05, 3.63) is 59.0 Å². The van der Waals surface area contributed by atoms with E-state index in [9.17, 15) is 9.59 Å². The third kappa shape index (κ3) is 2.86. The molecule has 0 unspecified atom stereocenters. The van der Waals surface area contributed by atoms with Gasteiger partial charge in [0.05, 0.1) is 0 Å². The summed E-state index contributed by atoms with van der Waals surface area (Å²) in [6.07, 6.45) is 0.892. The van der Waals surface area contributed by atoms with Gasteiger partial charge in [-0.2, -0.15) is 0 Å². The number of aromatic carboxylic acids is 1. The Hall–Kier alpha value is -2.56. The van der Waals surface area contributed by atoms with Crippen molar-refractivity contribution in [2.24, 2.45) is 0 Å². The Kier molecular flexibility index (Phi) is 3.94. The van der Waals surface area contributed by atoms with Gasteiger partial charge in [-0.15, -0.1) is 0 Å². The number of nitrogens with zero attached hydrogens (tertiary/aromatic N) is 1. The quantitative estimate of drug-likeness (QED) is 0.943. The SMILES string of the molecule is Cc1ccccc1[C@@H]1C[C@@H](C)N(C(=O)c2ccc(C(=O)O)o2)C1. The number of carboxylic acid groups (broad SMARTS) is 1. The number of benzene rings is 1. The van der Waals surface area contributed by atoms with Gasteiger partial charge in [0.25, 0.3) is 5.91 Å². The van der Waals surface area contributed by atoms with Crippen LogP contribution in [0.5, 0.6) is 0 Å². The smallest absolute Gasteiger partial charge is 0.371 e. The van der Waals surface area contributed by atoms with Crippen molar-refractivity contribution in [2.45, 2.75) is 32.2 Å². The number of aryl methyl sites for hydroxylation is 1. The zero-order chi connectivity index (χ0) is 16.6.